The van der Waals surface area contributed by atoms with Crippen LogP contribution in [0.4, 0.5) is 11.4 Å². The number of para-hydroxylation sites is 2. The van der Waals surface area contributed by atoms with E-state index in [9.17, 15) is 24.8 Å². The second kappa shape index (κ2) is 7.86. The summed E-state index contributed by atoms with van der Waals surface area (Å²) in [5, 5.41) is 23.4. The van der Waals surface area contributed by atoms with Gasteiger partial charge in [0.05, 0.1) is 17.4 Å². The van der Waals surface area contributed by atoms with Crippen LogP contribution in [0.3, 0.4) is 0 Å². The molecule has 2 atom stereocenters. The maximum atomic E-state index is 12.5. The third-order valence-corrected chi connectivity index (χ3v) is 4.75. The van der Waals surface area contributed by atoms with E-state index in [0.717, 1.165) is 5.56 Å². The standard InChI is InChI=1S/C19H19N3O5/c23-18(10-20-16-8-4-5-9-17(16)22(26)27)21-11-14(15(12-21)19(24)25)13-6-2-1-3-7-13/h1-9,14-15,20H,10-12H2,(H,24,25)/t14-,15-/m1/s1. The first-order chi connectivity index (χ1) is 13.0. The van der Waals surface area contributed by atoms with Gasteiger partial charge in [-0.05, 0) is 11.6 Å². The van der Waals surface area contributed by atoms with Crippen LogP contribution in [-0.2, 0) is 9.59 Å². The van der Waals surface area contributed by atoms with Crippen molar-refractivity contribution >= 4 is 23.3 Å². The summed E-state index contributed by atoms with van der Waals surface area (Å²) in [6, 6.07) is 15.3. The Bertz CT molecular complexity index is 855. The number of nitro benzene ring substituents is 1. The molecule has 8 heteroatoms. The molecular weight excluding hydrogens is 350 g/mol. The smallest absolute Gasteiger partial charge is 0.308 e. The van der Waals surface area contributed by atoms with Gasteiger partial charge in [-0.25, -0.2) is 0 Å². The molecule has 8 nitrogen and oxygen atoms in total. The molecule has 3 rings (SSSR count). The van der Waals surface area contributed by atoms with Crippen LogP contribution in [0.15, 0.2) is 54.6 Å². The van der Waals surface area contributed by atoms with Gasteiger partial charge in [0.15, 0.2) is 0 Å². The normalized spacial score (nSPS) is 18.9. The molecule has 0 spiro atoms. The third-order valence-electron chi connectivity index (χ3n) is 4.75. The zero-order valence-corrected chi connectivity index (χ0v) is 14.4. The van der Waals surface area contributed by atoms with Crippen LogP contribution >= 0.6 is 0 Å². The molecule has 0 radical (unpaired) electrons. The fraction of sp³-hybridized carbons (Fsp3) is 0.263. The lowest BCUT2D eigenvalue weighted by atomic mass is 9.89. The molecular formula is C19H19N3O5. The van der Waals surface area contributed by atoms with Crippen molar-refractivity contribution in [2.45, 2.75) is 5.92 Å². The summed E-state index contributed by atoms with van der Waals surface area (Å²) in [7, 11) is 0. The van der Waals surface area contributed by atoms with E-state index < -0.39 is 16.8 Å². The van der Waals surface area contributed by atoms with Crippen LogP contribution in [0.25, 0.3) is 0 Å². The van der Waals surface area contributed by atoms with Crippen molar-refractivity contribution in [3.8, 4) is 0 Å². The van der Waals surface area contributed by atoms with Crippen LogP contribution < -0.4 is 5.32 Å². The summed E-state index contributed by atoms with van der Waals surface area (Å²) in [6.45, 7) is 0.281. The fourth-order valence-electron chi connectivity index (χ4n) is 3.36. The fourth-order valence-corrected chi connectivity index (χ4v) is 3.36. The molecule has 2 aromatic rings. The molecule has 0 aliphatic carbocycles. The molecule has 2 aromatic carbocycles. The van der Waals surface area contributed by atoms with Gasteiger partial charge in [-0.2, -0.15) is 0 Å². The highest BCUT2D eigenvalue weighted by Crippen LogP contribution is 2.33. The van der Waals surface area contributed by atoms with Crippen molar-refractivity contribution in [1.82, 2.24) is 4.90 Å². The van der Waals surface area contributed by atoms with Crippen LogP contribution in [0, 0.1) is 16.0 Å². The van der Waals surface area contributed by atoms with E-state index in [1.807, 2.05) is 30.3 Å². The first-order valence-corrected chi connectivity index (χ1v) is 8.50. The number of anilines is 1. The SMILES string of the molecule is O=C(O)[C@@H]1CN(C(=O)CNc2ccccc2[N+](=O)[O-])C[C@@H]1c1ccccc1. The molecule has 27 heavy (non-hydrogen) atoms. The summed E-state index contributed by atoms with van der Waals surface area (Å²) in [4.78, 5) is 36.2. The molecule has 0 unspecified atom stereocenters. The maximum Gasteiger partial charge on any atom is 0.308 e. The Balaban J connectivity index is 1.69. The number of carboxylic acids is 1. The van der Waals surface area contributed by atoms with Crippen molar-refractivity contribution in [2.75, 3.05) is 25.0 Å². The van der Waals surface area contributed by atoms with E-state index in [4.69, 9.17) is 0 Å². The Kier molecular flexibility index (Phi) is 5.35. The average Bonchev–Trinajstić information content (AvgIpc) is 3.13. The third kappa shape index (κ3) is 4.05. The zero-order valence-electron chi connectivity index (χ0n) is 14.4. The van der Waals surface area contributed by atoms with Crippen molar-refractivity contribution in [3.05, 3.63) is 70.3 Å². The van der Waals surface area contributed by atoms with E-state index in [-0.39, 0.29) is 36.3 Å². The van der Waals surface area contributed by atoms with Gasteiger partial charge in [-0.15, -0.1) is 0 Å². The Labute approximate surface area is 155 Å². The molecule has 1 heterocycles. The Morgan fingerprint density at radius 1 is 1.11 bits per heavy atom. The number of carbonyl (C=O) groups is 2. The van der Waals surface area contributed by atoms with Gasteiger partial charge in [-0.1, -0.05) is 42.5 Å². The summed E-state index contributed by atoms with van der Waals surface area (Å²) in [5.74, 6) is -2.19. The largest absolute Gasteiger partial charge is 0.481 e. The summed E-state index contributed by atoms with van der Waals surface area (Å²) in [6.07, 6.45) is 0. The number of aliphatic carboxylic acids is 1. The van der Waals surface area contributed by atoms with Gasteiger partial charge >= 0.3 is 5.97 Å². The van der Waals surface area contributed by atoms with E-state index in [1.165, 1.54) is 17.0 Å². The Morgan fingerprint density at radius 3 is 2.44 bits per heavy atom. The highest BCUT2D eigenvalue weighted by molar-refractivity contribution is 5.83. The van der Waals surface area contributed by atoms with Gasteiger partial charge in [0.1, 0.15) is 5.69 Å². The van der Waals surface area contributed by atoms with Gasteiger partial charge < -0.3 is 15.3 Å². The lowest BCUT2D eigenvalue weighted by Crippen LogP contribution is -2.34. The molecule has 2 N–H and O–H groups in total. The van der Waals surface area contributed by atoms with Gasteiger partial charge in [0.25, 0.3) is 5.69 Å². The number of hydrogen-bond donors (Lipinski definition) is 2. The van der Waals surface area contributed by atoms with E-state index >= 15 is 0 Å². The number of hydrogen-bond acceptors (Lipinski definition) is 5. The van der Waals surface area contributed by atoms with Gasteiger partial charge in [-0.3, -0.25) is 19.7 Å². The first-order valence-electron chi connectivity index (χ1n) is 8.50. The zero-order chi connectivity index (χ0) is 19.4. The average molecular weight is 369 g/mol. The molecule has 1 saturated heterocycles. The lowest BCUT2D eigenvalue weighted by Gasteiger charge is -2.17. The van der Waals surface area contributed by atoms with E-state index in [2.05, 4.69) is 5.32 Å². The van der Waals surface area contributed by atoms with E-state index in [0.29, 0.717) is 6.54 Å². The van der Waals surface area contributed by atoms with Gasteiger partial charge in [0, 0.05) is 25.1 Å². The molecule has 0 bridgehead atoms. The maximum absolute atomic E-state index is 12.5. The number of rotatable bonds is 6. The quantitative estimate of drug-likeness (QED) is 0.597. The summed E-state index contributed by atoms with van der Waals surface area (Å²) in [5.41, 5.74) is 1.02. The second-order valence-corrected chi connectivity index (χ2v) is 6.39. The minimum absolute atomic E-state index is 0.114. The number of nitrogens with zero attached hydrogens (tertiary/aromatic N) is 2. The Hall–Kier alpha value is -3.42. The molecule has 0 aromatic heterocycles. The highest BCUT2D eigenvalue weighted by atomic mass is 16.6. The van der Waals surface area contributed by atoms with Crippen LogP contribution in [0.5, 0.6) is 0 Å². The van der Waals surface area contributed by atoms with Crippen LogP contribution in [0.2, 0.25) is 0 Å². The molecule has 1 amide bonds. The van der Waals surface area contributed by atoms with Crippen molar-refractivity contribution in [1.29, 1.82) is 0 Å². The summed E-state index contributed by atoms with van der Waals surface area (Å²) >= 11 is 0. The molecule has 140 valence electrons. The number of benzene rings is 2. The predicted octanol–water partition coefficient (Wildman–Crippen LogP) is 2.33. The predicted molar refractivity (Wildman–Crippen MR) is 98.5 cm³/mol. The number of likely N-dealkylation sites (tertiary alicyclic amines) is 1. The van der Waals surface area contributed by atoms with Crippen molar-refractivity contribution < 1.29 is 19.6 Å². The second-order valence-electron chi connectivity index (χ2n) is 6.39. The van der Waals surface area contributed by atoms with Gasteiger partial charge in [0.2, 0.25) is 5.91 Å². The molecule has 1 fully saturated rings. The first kappa shape index (κ1) is 18.4. The topological polar surface area (TPSA) is 113 Å². The highest BCUT2D eigenvalue weighted by Gasteiger charge is 2.40. The van der Waals surface area contributed by atoms with Crippen molar-refractivity contribution in [3.63, 3.8) is 0 Å². The Morgan fingerprint density at radius 2 is 1.78 bits per heavy atom. The van der Waals surface area contributed by atoms with E-state index in [1.54, 1.807) is 12.1 Å². The number of nitrogens with one attached hydrogen (secondary N) is 1. The minimum atomic E-state index is -0.939. The number of nitro groups is 1. The van der Waals surface area contributed by atoms with Crippen LogP contribution in [-0.4, -0.2) is 46.4 Å². The number of carbonyl (C=O) groups excluding carboxylic acids is 1. The molecule has 1 aliphatic heterocycles. The van der Waals surface area contributed by atoms with Crippen molar-refractivity contribution in [2.24, 2.45) is 5.92 Å². The molecule has 0 saturated carbocycles. The monoisotopic (exact) mass is 369 g/mol. The lowest BCUT2D eigenvalue weighted by molar-refractivity contribution is -0.383. The number of carboxylic acid groups (broad SMARTS) is 1. The minimum Gasteiger partial charge on any atom is -0.481 e. The summed E-state index contributed by atoms with van der Waals surface area (Å²) < 4.78 is 0. The van der Waals surface area contributed by atoms with Crippen LogP contribution in [0.1, 0.15) is 11.5 Å². The molecule has 1 aliphatic rings. The number of amides is 1.